The van der Waals surface area contributed by atoms with Gasteiger partial charge in [-0.1, -0.05) is 54.6 Å². The third-order valence-electron chi connectivity index (χ3n) is 3.93. The summed E-state index contributed by atoms with van der Waals surface area (Å²) in [6.45, 7) is 0. The first kappa shape index (κ1) is 12.0. The van der Waals surface area contributed by atoms with Crippen molar-refractivity contribution in [3.05, 3.63) is 78.9 Å². The lowest BCUT2D eigenvalue weighted by Crippen LogP contribution is -1.82. The van der Waals surface area contributed by atoms with E-state index in [1.165, 1.54) is 27.1 Å². The number of fused-ring (bicyclic) bond motifs is 2. The van der Waals surface area contributed by atoms with Crippen LogP contribution in [-0.4, -0.2) is 5.11 Å². The summed E-state index contributed by atoms with van der Waals surface area (Å²) in [5, 5.41) is 14.4. The molecule has 1 nitrogen and oxygen atoms in total. The lowest BCUT2D eigenvalue weighted by atomic mass is 9.95. The Morgan fingerprint density at radius 1 is 0.571 bits per heavy atom. The SMILES string of the molecule is Oc1ccc(-c2cccc3cc4ccccc4cc23)cc1. The van der Waals surface area contributed by atoms with Crippen molar-refractivity contribution in [3.8, 4) is 16.9 Å². The smallest absolute Gasteiger partial charge is 0.115 e. The molecule has 0 fully saturated rings. The van der Waals surface area contributed by atoms with E-state index < -0.39 is 0 Å². The predicted molar refractivity (Wildman–Crippen MR) is 88.6 cm³/mol. The Bertz CT molecular complexity index is 937. The molecular weight excluding hydrogens is 256 g/mol. The van der Waals surface area contributed by atoms with Crippen molar-refractivity contribution in [1.82, 2.24) is 0 Å². The zero-order valence-electron chi connectivity index (χ0n) is 11.5. The van der Waals surface area contributed by atoms with Gasteiger partial charge in [0.1, 0.15) is 5.75 Å². The minimum absolute atomic E-state index is 0.296. The summed E-state index contributed by atoms with van der Waals surface area (Å²) in [7, 11) is 0. The van der Waals surface area contributed by atoms with E-state index in [9.17, 15) is 5.11 Å². The van der Waals surface area contributed by atoms with Crippen LogP contribution in [0.4, 0.5) is 0 Å². The maximum Gasteiger partial charge on any atom is 0.115 e. The van der Waals surface area contributed by atoms with Gasteiger partial charge in [0.2, 0.25) is 0 Å². The molecule has 0 saturated heterocycles. The second-order valence-electron chi connectivity index (χ2n) is 5.27. The molecule has 0 saturated carbocycles. The van der Waals surface area contributed by atoms with Gasteiger partial charge in [-0.2, -0.15) is 0 Å². The summed E-state index contributed by atoms with van der Waals surface area (Å²) in [6, 6.07) is 26.6. The minimum Gasteiger partial charge on any atom is -0.508 e. The summed E-state index contributed by atoms with van der Waals surface area (Å²) in [6.07, 6.45) is 0. The molecule has 4 rings (SSSR count). The van der Waals surface area contributed by atoms with Crippen LogP contribution in [0.2, 0.25) is 0 Å². The van der Waals surface area contributed by atoms with Gasteiger partial charge in [0.15, 0.2) is 0 Å². The van der Waals surface area contributed by atoms with Crippen molar-refractivity contribution in [2.24, 2.45) is 0 Å². The van der Waals surface area contributed by atoms with Gasteiger partial charge in [-0.05, 0) is 56.9 Å². The highest BCUT2D eigenvalue weighted by molar-refractivity contribution is 6.04. The van der Waals surface area contributed by atoms with E-state index in [-0.39, 0.29) is 0 Å². The molecule has 0 radical (unpaired) electrons. The van der Waals surface area contributed by atoms with Gasteiger partial charge in [0, 0.05) is 0 Å². The molecule has 0 unspecified atom stereocenters. The number of hydrogen-bond donors (Lipinski definition) is 1. The number of hydrogen-bond acceptors (Lipinski definition) is 1. The number of rotatable bonds is 1. The second kappa shape index (κ2) is 4.64. The summed E-state index contributed by atoms with van der Waals surface area (Å²) in [5.41, 5.74) is 2.31. The molecule has 1 N–H and O–H groups in total. The van der Waals surface area contributed by atoms with E-state index in [4.69, 9.17) is 0 Å². The van der Waals surface area contributed by atoms with Crippen molar-refractivity contribution in [3.63, 3.8) is 0 Å². The maximum absolute atomic E-state index is 9.46. The second-order valence-corrected chi connectivity index (χ2v) is 5.27. The van der Waals surface area contributed by atoms with Crippen molar-refractivity contribution >= 4 is 21.5 Å². The largest absolute Gasteiger partial charge is 0.508 e. The quantitative estimate of drug-likeness (QED) is 0.461. The van der Waals surface area contributed by atoms with Crippen LogP contribution in [0.5, 0.6) is 5.75 Å². The molecule has 0 amide bonds. The fourth-order valence-electron chi connectivity index (χ4n) is 2.86. The van der Waals surface area contributed by atoms with Crippen molar-refractivity contribution in [2.45, 2.75) is 0 Å². The van der Waals surface area contributed by atoms with Gasteiger partial charge in [-0.25, -0.2) is 0 Å². The van der Waals surface area contributed by atoms with Crippen LogP contribution < -0.4 is 0 Å². The number of phenolic OH excluding ortho intramolecular Hbond substituents is 1. The number of aromatic hydroxyl groups is 1. The molecule has 0 aliphatic rings. The third-order valence-corrected chi connectivity index (χ3v) is 3.93. The van der Waals surface area contributed by atoms with E-state index in [2.05, 4.69) is 54.6 Å². The van der Waals surface area contributed by atoms with Crippen LogP contribution >= 0.6 is 0 Å². The Labute approximate surface area is 123 Å². The standard InChI is InChI=1S/C20H14O/c21-18-10-8-14(9-11-18)19-7-3-6-17-12-15-4-1-2-5-16(15)13-20(17)19/h1-13,21H. The summed E-state index contributed by atoms with van der Waals surface area (Å²) >= 11 is 0. The van der Waals surface area contributed by atoms with Crippen LogP contribution in [0.15, 0.2) is 78.9 Å². The molecule has 0 bridgehead atoms. The van der Waals surface area contributed by atoms with Gasteiger partial charge in [-0.15, -0.1) is 0 Å². The lowest BCUT2D eigenvalue weighted by Gasteiger charge is -2.09. The van der Waals surface area contributed by atoms with Gasteiger partial charge in [-0.3, -0.25) is 0 Å². The van der Waals surface area contributed by atoms with Crippen molar-refractivity contribution in [2.75, 3.05) is 0 Å². The Morgan fingerprint density at radius 3 is 2.00 bits per heavy atom. The van der Waals surface area contributed by atoms with Gasteiger partial charge < -0.3 is 5.11 Å². The first-order valence-corrected chi connectivity index (χ1v) is 7.02. The van der Waals surface area contributed by atoms with Crippen molar-refractivity contribution < 1.29 is 5.11 Å². The van der Waals surface area contributed by atoms with E-state index >= 15 is 0 Å². The Balaban J connectivity index is 2.04. The molecule has 1 heteroatoms. The van der Waals surface area contributed by atoms with E-state index in [0.29, 0.717) is 5.75 Å². The fourth-order valence-corrected chi connectivity index (χ4v) is 2.86. The molecule has 0 aliphatic carbocycles. The molecule has 0 aliphatic heterocycles. The number of benzene rings is 4. The first-order chi connectivity index (χ1) is 10.3. The zero-order valence-corrected chi connectivity index (χ0v) is 11.5. The highest BCUT2D eigenvalue weighted by atomic mass is 16.3. The molecule has 0 atom stereocenters. The van der Waals surface area contributed by atoms with Crippen LogP contribution in [0.3, 0.4) is 0 Å². The average Bonchev–Trinajstić information content (AvgIpc) is 2.53. The highest BCUT2D eigenvalue weighted by Gasteiger charge is 2.05. The summed E-state index contributed by atoms with van der Waals surface area (Å²) in [4.78, 5) is 0. The Hall–Kier alpha value is -2.80. The van der Waals surface area contributed by atoms with Crippen LogP contribution in [0.25, 0.3) is 32.7 Å². The summed E-state index contributed by atoms with van der Waals surface area (Å²) < 4.78 is 0. The van der Waals surface area contributed by atoms with Crippen LogP contribution in [-0.2, 0) is 0 Å². The molecule has 21 heavy (non-hydrogen) atoms. The average molecular weight is 270 g/mol. The normalized spacial score (nSPS) is 11.0. The lowest BCUT2D eigenvalue weighted by molar-refractivity contribution is 0.475. The fraction of sp³-hybridized carbons (Fsp3) is 0. The Kier molecular flexibility index (Phi) is 2.65. The van der Waals surface area contributed by atoms with Gasteiger partial charge in [0.05, 0.1) is 0 Å². The van der Waals surface area contributed by atoms with E-state index in [1.807, 2.05) is 12.1 Å². The molecule has 0 aromatic heterocycles. The minimum atomic E-state index is 0.296. The molecular formula is C20H14O. The highest BCUT2D eigenvalue weighted by Crippen LogP contribution is 2.32. The number of phenols is 1. The topological polar surface area (TPSA) is 20.2 Å². The maximum atomic E-state index is 9.46. The monoisotopic (exact) mass is 270 g/mol. The van der Waals surface area contributed by atoms with Crippen LogP contribution in [0.1, 0.15) is 0 Å². The first-order valence-electron chi connectivity index (χ1n) is 7.02. The van der Waals surface area contributed by atoms with Crippen LogP contribution in [0, 0.1) is 0 Å². The molecule has 0 spiro atoms. The predicted octanol–water partition coefficient (Wildman–Crippen LogP) is 5.37. The Morgan fingerprint density at radius 2 is 1.24 bits per heavy atom. The third kappa shape index (κ3) is 2.03. The zero-order chi connectivity index (χ0) is 14.2. The van der Waals surface area contributed by atoms with E-state index in [0.717, 1.165) is 5.56 Å². The molecule has 4 aromatic rings. The molecule has 4 aromatic carbocycles. The molecule has 100 valence electrons. The van der Waals surface area contributed by atoms with Gasteiger partial charge in [0.25, 0.3) is 0 Å². The van der Waals surface area contributed by atoms with Gasteiger partial charge >= 0.3 is 0 Å². The van der Waals surface area contributed by atoms with Crippen molar-refractivity contribution in [1.29, 1.82) is 0 Å². The summed E-state index contributed by atoms with van der Waals surface area (Å²) in [5.74, 6) is 0.296. The van der Waals surface area contributed by atoms with E-state index in [1.54, 1.807) is 12.1 Å². The molecule has 0 heterocycles.